The highest BCUT2D eigenvalue weighted by Crippen LogP contribution is 2.32. The zero-order valence-corrected chi connectivity index (χ0v) is 10.8. The summed E-state index contributed by atoms with van der Waals surface area (Å²) in [6.45, 7) is 3.80. The molecule has 1 heterocycles. The molecular formula is C17H13NO2. The van der Waals surface area contributed by atoms with Crippen LogP contribution in [0.5, 0.6) is 5.75 Å². The first-order valence-corrected chi connectivity index (χ1v) is 6.27. The van der Waals surface area contributed by atoms with Gasteiger partial charge in [0.2, 0.25) is 5.56 Å². The van der Waals surface area contributed by atoms with Gasteiger partial charge in [-0.1, -0.05) is 49.1 Å². The molecule has 20 heavy (non-hydrogen) atoms. The van der Waals surface area contributed by atoms with Gasteiger partial charge in [0.25, 0.3) is 0 Å². The Morgan fingerprint density at radius 2 is 1.85 bits per heavy atom. The fraction of sp³-hybridized carbons (Fsp3) is 0. The molecule has 98 valence electrons. The third kappa shape index (κ3) is 1.89. The van der Waals surface area contributed by atoms with Gasteiger partial charge in [0.15, 0.2) is 0 Å². The van der Waals surface area contributed by atoms with Crippen molar-refractivity contribution in [1.29, 1.82) is 0 Å². The van der Waals surface area contributed by atoms with E-state index >= 15 is 0 Å². The van der Waals surface area contributed by atoms with Crippen molar-refractivity contribution in [3.05, 3.63) is 71.0 Å². The molecule has 2 N–H and O–H groups in total. The highest BCUT2D eigenvalue weighted by atomic mass is 16.3. The van der Waals surface area contributed by atoms with E-state index in [-0.39, 0.29) is 11.3 Å². The second-order valence-corrected chi connectivity index (χ2v) is 4.54. The van der Waals surface area contributed by atoms with Crippen LogP contribution in [0, 0.1) is 0 Å². The molecule has 0 amide bonds. The van der Waals surface area contributed by atoms with Crippen LogP contribution in [0.15, 0.2) is 59.9 Å². The number of para-hydroxylation sites is 1. The summed E-state index contributed by atoms with van der Waals surface area (Å²) in [6, 6.07) is 14.5. The fourth-order valence-electron chi connectivity index (χ4n) is 2.41. The molecule has 0 radical (unpaired) electrons. The van der Waals surface area contributed by atoms with Gasteiger partial charge in [0.05, 0.1) is 5.52 Å². The predicted molar refractivity (Wildman–Crippen MR) is 81.8 cm³/mol. The fourth-order valence-corrected chi connectivity index (χ4v) is 2.41. The van der Waals surface area contributed by atoms with Gasteiger partial charge < -0.3 is 10.1 Å². The number of aromatic amines is 1. The number of phenols is 1. The van der Waals surface area contributed by atoms with Crippen molar-refractivity contribution in [2.24, 2.45) is 0 Å². The number of phenolic OH excluding ortho intramolecular Hbond substituents is 1. The van der Waals surface area contributed by atoms with E-state index in [9.17, 15) is 9.90 Å². The number of pyridine rings is 1. The number of benzene rings is 2. The lowest BCUT2D eigenvalue weighted by Crippen LogP contribution is -2.05. The topological polar surface area (TPSA) is 53.1 Å². The Morgan fingerprint density at radius 1 is 1.05 bits per heavy atom. The highest BCUT2D eigenvalue weighted by molar-refractivity contribution is 5.98. The van der Waals surface area contributed by atoms with Crippen molar-refractivity contribution in [1.82, 2.24) is 4.98 Å². The van der Waals surface area contributed by atoms with Crippen molar-refractivity contribution in [3.63, 3.8) is 0 Å². The number of hydrogen-bond acceptors (Lipinski definition) is 2. The number of aromatic hydroxyl groups is 1. The minimum absolute atomic E-state index is 0.0672. The summed E-state index contributed by atoms with van der Waals surface area (Å²) in [6.07, 6.45) is 1.76. The second kappa shape index (κ2) is 4.70. The van der Waals surface area contributed by atoms with Gasteiger partial charge in [-0.15, -0.1) is 0 Å². The van der Waals surface area contributed by atoms with Crippen LogP contribution in [0.4, 0.5) is 0 Å². The van der Waals surface area contributed by atoms with Crippen LogP contribution in [0.25, 0.3) is 28.1 Å². The van der Waals surface area contributed by atoms with Crippen LogP contribution in [0.2, 0.25) is 0 Å². The molecule has 0 aliphatic heterocycles. The Labute approximate surface area is 115 Å². The van der Waals surface area contributed by atoms with Gasteiger partial charge in [-0.05, 0) is 22.8 Å². The molecule has 3 aromatic rings. The number of rotatable bonds is 2. The molecule has 0 aliphatic carbocycles. The summed E-state index contributed by atoms with van der Waals surface area (Å²) in [5, 5.41) is 10.7. The number of aromatic nitrogens is 1. The Hall–Kier alpha value is -2.81. The predicted octanol–water partition coefficient (Wildman–Crippen LogP) is 3.54. The number of hydrogen-bond donors (Lipinski definition) is 2. The van der Waals surface area contributed by atoms with Crippen molar-refractivity contribution in [3.8, 4) is 16.9 Å². The average Bonchev–Trinajstić information content (AvgIpc) is 2.47. The smallest absolute Gasteiger partial charge is 0.249 e. The minimum atomic E-state index is -0.243. The summed E-state index contributed by atoms with van der Waals surface area (Å²) in [7, 11) is 0. The third-order valence-electron chi connectivity index (χ3n) is 3.33. The van der Waals surface area contributed by atoms with E-state index in [1.54, 1.807) is 24.3 Å². The largest absolute Gasteiger partial charge is 0.506 e. The van der Waals surface area contributed by atoms with Crippen LogP contribution >= 0.6 is 0 Å². The molecule has 3 heteroatoms. The summed E-state index contributed by atoms with van der Waals surface area (Å²) in [4.78, 5) is 14.5. The average molecular weight is 263 g/mol. The molecule has 0 bridgehead atoms. The maximum atomic E-state index is 11.8. The van der Waals surface area contributed by atoms with Crippen LogP contribution in [0.3, 0.4) is 0 Å². The monoisotopic (exact) mass is 263 g/mol. The molecule has 3 nitrogen and oxygen atoms in total. The molecule has 2 aromatic carbocycles. The van der Waals surface area contributed by atoms with Crippen LogP contribution in [0.1, 0.15) is 5.56 Å². The quantitative estimate of drug-likeness (QED) is 0.743. The number of H-pyrrole nitrogens is 1. The van der Waals surface area contributed by atoms with E-state index in [2.05, 4.69) is 11.6 Å². The maximum absolute atomic E-state index is 11.8. The standard InChI is InChI=1S/C17H13NO2/c1-2-11-6-3-4-7-12(11)14-10-16(20)18-17-13(14)8-5-9-15(17)19/h2-10,19H,1H2,(H,18,20). The SMILES string of the molecule is C=Cc1ccccc1-c1cc(=O)[nH]c2c(O)cccc12. The van der Waals surface area contributed by atoms with Crippen molar-refractivity contribution in [2.45, 2.75) is 0 Å². The molecule has 0 atom stereocenters. The Morgan fingerprint density at radius 3 is 2.65 bits per heavy atom. The molecule has 0 saturated heterocycles. The Balaban J connectivity index is 2.45. The van der Waals surface area contributed by atoms with Crippen molar-refractivity contribution >= 4 is 17.0 Å². The molecule has 0 saturated carbocycles. The third-order valence-corrected chi connectivity index (χ3v) is 3.33. The van der Waals surface area contributed by atoms with Gasteiger partial charge in [-0.25, -0.2) is 0 Å². The van der Waals surface area contributed by atoms with Gasteiger partial charge in [-0.2, -0.15) is 0 Å². The Bertz CT molecular complexity index is 862. The van der Waals surface area contributed by atoms with Gasteiger partial charge >= 0.3 is 0 Å². The normalized spacial score (nSPS) is 10.6. The molecule has 0 unspecified atom stereocenters. The van der Waals surface area contributed by atoms with Crippen molar-refractivity contribution < 1.29 is 5.11 Å². The first-order valence-electron chi connectivity index (χ1n) is 6.27. The molecular weight excluding hydrogens is 250 g/mol. The maximum Gasteiger partial charge on any atom is 0.249 e. The molecule has 3 rings (SSSR count). The molecule has 0 aliphatic rings. The van der Waals surface area contributed by atoms with E-state index in [0.717, 1.165) is 22.1 Å². The summed E-state index contributed by atoms with van der Waals surface area (Å²) >= 11 is 0. The summed E-state index contributed by atoms with van der Waals surface area (Å²) < 4.78 is 0. The van der Waals surface area contributed by atoms with Gasteiger partial charge in [0.1, 0.15) is 5.75 Å². The zero-order chi connectivity index (χ0) is 14.1. The van der Waals surface area contributed by atoms with E-state index in [1.165, 1.54) is 0 Å². The number of fused-ring (bicyclic) bond motifs is 1. The first-order chi connectivity index (χ1) is 9.70. The van der Waals surface area contributed by atoms with Crippen LogP contribution < -0.4 is 5.56 Å². The molecule has 0 fully saturated rings. The summed E-state index contributed by atoms with van der Waals surface area (Å²) in [5.74, 6) is 0.0672. The summed E-state index contributed by atoms with van der Waals surface area (Å²) in [5.41, 5.74) is 2.86. The van der Waals surface area contributed by atoms with Crippen LogP contribution in [-0.4, -0.2) is 10.1 Å². The van der Waals surface area contributed by atoms with E-state index in [1.807, 2.05) is 30.3 Å². The van der Waals surface area contributed by atoms with Crippen molar-refractivity contribution in [2.75, 3.05) is 0 Å². The number of nitrogens with one attached hydrogen (secondary N) is 1. The van der Waals surface area contributed by atoms with E-state index in [0.29, 0.717) is 5.52 Å². The molecule has 0 spiro atoms. The highest BCUT2D eigenvalue weighted by Gasteiger charge is 2.10. The van der Waals surface area contributed by atoms with Crippen LogP contribution in [-0.2, 0) is 0 Å². The van der Waals surface area contributed by atoms with Gasteiger partial charge in [0, 0.05) is 11.5 Å². The lowest BCUT2D eigenvalue weighted by molar-refractivity contribution is 0.480. The zero-order valence-electron chi connectivity index (χ0n) is 10.8. The first kappa shape index (κ1) is 12.2. The van der Waals surface area contributed by atoms with Gasteiger partial charge in [-0.3, -0.25) is 4.79 Å². The second-order valence-electron chi connectivity index (χ2n) is 4.54. The Kier molecular flexibility index (Phi) is 2.88. The van der Waals surface area contributed by atoms with E-state index < -0.39 is 0 Å². The lowest BCUT2D eigenvalue weighted by atomic mass is 9.96. The lowest BCUT2D eigenvalue weighted by Gasteiger charge is -2.10. The minimum Gasteiger partial charge on any atom is -0.506 e. The van der Waals surface area contributed by atoms with E-state index in [4.69, 9.17) is 0 Å². The molecule has 1 aromatic heterocycles.